The number of carbonyl (C=O) groups is 2. The van der Waals surface area contributed by atoms with E-state index in [0.29, 0.717) is 44.3 Å². The van der Waals surface area contributed by atoms with Crippen molar-refractivity contribution < 1.29 is 28.9 Å². The second kappa shape index (κ2) is 15.5. The summed E-state index contributed by atoms with van der Waals surface area (Å²) in [4.78, 5) is 54.8. The number of esters is 2. The fourth-order valence-electron chi connectivity index (χ4n) is 3.61. The number of hydrogen-bond acceptors (Lipinski definition) is 16. The van der Waals surface area contributed by atoms with Crippen LogP contribution in [0, 0.1) is 20.2 Å². The first kappa shape index (κ1) is 32.6. The molecule has 0 aliphatic rings. The Balaban J connectivity index is 1.32. The van der Waals surface area contributed by atoms with Crippen LogP contribution >= 0.6 is 44.3 Å². The van der Waals surface area contributed by atoms with Crippen molar-refractivity contribution in [2.24, 2.45) is 0 Å². The summed E-state index contributed by atoms with van der Waals surface area (Å²) in [5, 5.41) is 32.5. The molecule has 0 unspecified atom stereocenters. The standard InChI is InChI=1S/C26H24N6O8S4/c1-39-23(33)21(29-25-27-19(11-41-25)15-3-7-17(8-4-15)31(35)36)13-43-44-14-22(24(34)40-2)30-26-28-20(12-42-26)16-5-9-18(10-6-16)32(37)38/h3-12,21-22H,13-14H2,1-2H3,(H,27,29)(H,28,30)/t21-,22-/m0/s1. The van der Waals surface area contributed by atoms with Gasteiger partial charge in [0, 0.05) is 57.7 Å². The van der Waals surface area contributed by atoms with Gasteiger partial charge in [-0.2, -0.15) is 0 Å². The molecule has 0 saturated carbocycles. The second-order valence-electron chi connectivity index (χ2n) is 8.69. The maximum absolute atomic E-state index is 12.5. The van der Waals surface area contributed by atoms with Crippen LogP contribution in [0.5, 0.6) is 0 Å². The van der Waals surface area contributed by atoms with Crippen molar-refractivity contribution >= 4 is 77.8 Å². The zero-order valence-electron chi connectivity index (χ0n) is 23.0. The largest absolute Gasteiger partial charge is 0.467 e. The Hall–Kier alpha value is -4.26. The number of aromatic nitrogens is 2. The Bertz CT molecular complexity index is 1490. The summed E-state index contributed by atoms with van der Waals surface area (Å²) in [5.74, 6) is -0.401. The third-order valence-electron chi connectivity index (χ3n) is 5.88. The lowest BCUT2D eigenvalue weighted by Crippen LogP contribution is -2.34. The molecule has 0 radical (unpaired) electrons. The molecule has 2 atom stereocenters. The van der Waals surface area contributed by atoms with E-state index in [2.05, 4.69) is 20.6 Å². The number of rotatable bonds is 15. The number of nitro benzene ring substituents is 2. The predicted octanol–water partition coefficient (Wildman–Crippen LogP) is 5.74. The number of hydrogen-bond donors (Lipinski definition) is 2. The quantitative estimate of drug-likeness (QED) is 0.0510. The zero-order chi connectivity index (χ0) is 31.6. The molecular weight excluding hydrogens is 653 g/mol. The van der Waals surface area contributed by atoms with Gasteiger partial charge in [-0.15, -0.1) is 22.7 Å². The van der Waals surface area contributed by atoms with Crippen molar-refractivity contribution in [1.82, 2.24) is 9.97 Å². The molecule has 0 bridgehead atoms. The van der Waals surface area contributed by atoms with Crippen LogP contribution in [0.15, 0.2) is 59.3 Å². The molecule has 18 heteroatoms. The lowest BCUT2D eigenvalue weighted by molar-refractivity contribution is -0.385. The molecule has 0 fully saturated rings. The number of anilines is 2. The second-order valence-corrected chi connectivity index (χ2v) is 13.0. The van der Waals surface area contributed by atoms with E-state index in [1.165, 1.54) is 82.7 Å². The highest BCUT2D eigenvalue weighted by Crippen LogP contribution is 2.31. The Morgan fingerprint density at radius 1 is 0.750 bits per heavy atom. The van der Waals surface area contributed by atoms with Gasteiger partial charge in [-0.3, -0.25) is 20.2 Å². The summed E-state index contributed by atoms with van der Waals surface area (Å²) in [5.41, 5.74) is 2.55. The molecule has 4 rings (SSSR count). The van der Waals surface area contributed by atoms with E-state index < -0.39 is 33.9 Å². The van der Waals surface area contributed by atoms with Gasteiger partial charge in [0.2, 0.25) is 0 Å². The molecule has 0 amide bonds. The zero-order valence-corrected chi connectivity index (χ0v) is 26.3. The average Bonchev–Trinajstić information content (AvgIpc) is 3.71. The van der Waals surface area contributed by atoms with Crippen molar-refractivity contribution in [3.05, 3.63) is 79.5 Å². The van der Waals surface area contributed by atoms with Crippen LogP contribution in [0.25, 0.3) is 22.5 Å². The van der Waals surface area contributed by atoms with Gasteiger partial charge in [0.25, 0.3) is 11.4 Å². The van der Waals surface area contributed by atoms with E-state index in [1.54, 1.807) is 35.0 Å². The van der Waals surface area contributed by atoms with E-state index in [4.69, 9.17) is 9.47 Å². The van der Waals surface area contributed by atoms with E-state index in [-0.39, 0.29) is 11.4 Å². The van der Waals surface area contributed by atoms with Gasteiger partial charge < -0.3 is 20.1 Å². The van der Waals surface area contributed by atoms with Crippen LogP contribution in [0.3, 0.4) is 0 Å². The van der Waals surface area contributed by atoms with Crippen LogP contribution in [0.2, 0.25) is 0 Å². The van der Waals surface area contributed by atoms with E-state index in [1.807, 2.05) is 0 Å². The smallest absolute Gasteiger partial charge is 0.329 e. The summed E-state index contributed by atoms with van der Waals surface area (Å²) >= 11 is 2.56. The monoisotopic (exact) mass is 676 g/mol. The van der Waals surface area contributed by atoms with Gasteiger partial charge >= 0.3 is 11.9 Å². The van der Waals surface area contributed by atoms with Gasteiger partial charge in [-0.05, 0) is 24.3 Å². The Morgan fingerprint density at radius 3 is 1.43 bits per heavy atom. The van der Waals surface area contributed by atoms with E-state index >= 15 is 0 Å². The predicted molar refractivity (Wildman–Crippen MR) is 172 cm³/mol. The highest BCUT2D eigenvalue weighted by molar-refractivity contribution is 8.76. The van der Waals surface area contributed by atoms with Gasteiger partial charge in [-0.25, -0.2) is 19.6 Å². The first-order valence-electron chi connectivity index (χ1n) is 12.5. The SMILES string of the molecule is COC(=O)[C@H](CSSC[C@H](Nc1nc(-c2ccc([N+](=O)[O-])cc2)cs1)C(=O)OC)Nc1nc(-c2ccc([N+](=O)[O-])cc2)cs1. The Morgan fingerprint density at radius 2 is 1.11 bits per heavy atom. The lowest BCUT2D eigenvalue weighted by Gasteiger charge is -2.17. The van der Waals surface area contributed by atoms with Crippen molar-refractivity contribution in [2.75, 3.05) is 36.4 Å². The molecule has 2 heterocycles. The normalized spacial score (nSPS) is 12.1. The summed E-state index contributed by atoms with van der Waals surface area (Å²) in [6.07, 6.45) is 0. The molecule has 44 heavy (non-hydrogen) atoms. The minimum absolute atomic E-state index is 0.0223. The van der Waals surface area contributed by atoms with Crippen molar-refractivity contribution in [3.63, 3.8) is 0 Å². The van der Waals surface area contributed by atoms with Crippen LogP contribution in [0.1, 0.15) is 0 Å². The van der Waals surface area contributed by atoms with Crippen LogP contribution in [-0.4, -0.2) is 69.6 Å². The number of methoxy groups -OCH3 is 2. The molecule has 2 aromatic carbocycles. The van der Waals surface area contributed by atoms with Gasteiger partial charge in [0.15, 0.2) is 10.3 Å². The minimum Gasteiger partial charge on any atom is -0.467 e. The van der Waals surface area contributed by atoms with Crippen molar-refractivity contribution in [3.8, 4) is 22.5 Å². The highest BCUT2D eigenvalue weighted by atomic mass is 33.1. The molecule has 0 spiro atoms. The van der Waals surface area contributed by atoms with Crippen LogP contribution in [-0.2, 0) is 19.1 Å². The molecule has 0 saturated heterocycles. The summed E-state index contributed by atoms with van der Waals surface area (Å²) in [6.45, 7) is 0. The summed E-state index contributed by atoms with van der Waals surface area (Å²) in [6, 6.07) is 10.5. The van der Waals surface area contributed by atoms with Crippen molar-refractivity contribution in [1.29, 1.82) is 0 Å². The number of non-ortho nitro benzene ring substituents is 2. The minimum atomic E-state index is -0.735. The van der Waals surface area contributed by atoms with Crippen molar-refractivity contribution in [2.45, 2.75) is 12.1 Å². The van der Waals surface area contributed by atoms with Gasteiger partial charge in [0.1, 0.15) is 12.1 Å². The van der Waals surface area contributed by atoms with Gasteiger partial charge in [0.05, 0.1) is 35.5 Å². The van der Waals surface area contributed by atoms with E-state index in [0.717, 1.165) is 0 Å². The number of thiazole rings is 2. The number of carbonyl (C=O) groups excluding carboxylic acids is 2. The molecule has 14 nitrogen and oxygen atoms in total. The molecule has 0 aliphatic carbocycles. The van der Waals surface area contributed by atoms with Crippen LogP contribution in [0.4, 0.5) is 21.6 Å². The Kier molecular flexibility index (Phi) is 11.5. The molecule has 0 aliphatic heterocycles. The van der Waals surface area contributed by atoms with E-state index in [9.17, 15) is 29.8 Å². The third-order valence-corrected chi connectivity index (χ3v) is 9.84. The number of nitrogens with one attached hydrogen (secondary N) is 2. The third kappa shape index (κ3) is 8.65. The average molecular weight is 677 g/mol. The Labute approximate surface area is 266 Å². The molecule has 4 aromatic rings. The summed E-state index contributed by atoms with van der Waals surface area (Å²) < 4.78 is 9.89. The highest BCUT2D eigenvalue weighted by Gasteiger charge is 2.24. The molecule has 2 aromatic heterocycles. The maximum atomic E-state index is 12.5. The first-order valence-corrected chi connectivity index (χ1v) is 16.8. The van der Waals surface area contributed by atoms with Gasteiger partial charge in [-0.1, -0.05) is 21.6 Å². The number of ether oxygens (including phenoxy) is 2. The topological polar surface area (TPSA) is 189 Å². The number of nitro groups is 2. The molecule has 230 valence electrons. The molecular formula is C26H24N6O8S4. The maximum Gasteiger partial charge on any atom is 0.329 e. The first-order chi connectivity index (χ1) is 21.2. The number of benzene rings is 2. The summed E-state index contributed by atoms with van der Waals surface area (Å²) in [7, 11) is 5.28. The fourth-order valence-corrected chi connectivity index (χ4v) is 7.45. The molecule has 2 N–H and O–H groups in total. The fraction of sp³-hybridized carbons (Fsp3) is 0.231. The lowest BCUT2D eigenvalue weighted by atomic mass is 10.1. The van der Waals surface area contributed by atoms with Crippen LogP contribution < -0.4 is 10.6 Å². The number of nitrogens with zero attached hydrogens (tertiary/aromatic N) is 4.